The Labute approximate surface area is 215 Å². The van der Waals surface area contributed by atoms with Crippen molar-refractivity contribution in [1.29, 1.82) is 0 Å². The van der Waals surface area contributed by atoms with Crippen LogP contribution in [0.25, 0.3) is 0 Å². The minimum Gasteiger partial charge on any atom is -0.493 e. The molecule has 192 valence electrons. The fraction of sp³-hybridized carbons (Fsp3) is 0.320. The summed E-state index contributed by atoms with van der Waals surface area (Å²) in [5.74, 6) is 1.24. The van der Waals surface area contributed by atoms with E-state index in [0.717, 1.165) is 11.1 Å². The summed E-state index contributed by atoms with van der Waals surface area (Å²) < 4.78 is 37.9. The van der Waals surface area contributed by atoms with Crippen molar-refractivity contribution in [3.05, 3.63) is 72.1 Å². The minimum atomic E-state index is -3.60. The van der Waals surface area contributed by atoms with E-state index in [-0.39, 0.29) is 22.3 Å². The monoisotopic (exact) mass is 530 g/mol. The standard InChI is InChI=1S/C25H30N4O5S2/c1-5-14-29-23(17-36(31,32)20-9-6-18(2)7-10-20)27-28-25(29)35-16-24(30)26-13-12-19-8-11-21(33-3)22(15-19)34-4/h5-11,15H,1,12-14,16-17H2,2-4H3,(H,26,30). The summed E-state index contributed by atoms with van der Waals surface area (Å²) in [5.41, 5.74) is 1.98. The number of carbonyl (C=O) groups is 1. The molecule has 0 fully saturated rings. The minimum absolute atomic E-state index is 0.117. The fourth-order valence-electron chi connectivity index (χ4n) is 3.41. The molecule has 0 saturated carbocycles. The number of thioether (sulfide) groups is 1. The first kappa shape index (κ1) is 27.3. The number of hydrogen-bond acceptors (Lipinski definition) is 8. The Morgan fingerprint density at radius 3 is 2.50 bits per heavy atom. The molecule has 36 heavy (non-hydrogen) atoms. The number of ether oxygens (including phenoxy) is 2. The summed E-state index contributed by atoms with van der Waals surface area (Å²) in [5, 5.41) is 11.5. The van der Waals surface area contributed by atoms with Crippen LogP contribution < -0.4 is 14.8 Å². The first-order chi connectivity index (χ1) is 17.3. The normalized spacial score (nSPS) is 11.2. The van der Waals surface area contributed by atoms with Gasteiger partial charge in [0.25, 0.3) is 0 Å². The highest BCUT2D eigenvalue weighted by molar-refractivity contribution is 7.99. The van der Waals surface area contributed by atoms with Gasteiger partial charge in [-0.3, -0.25) is 4.79 Å². The quantitative estimate of drug-likeness (QED) is 0.265. The number of hydrogen-bond donors (Lipinski definition) is 1. The van der Waals surface area contributed by atoms with Gasteiger partial charge in [-0.25, -0.2) is 8.42 Å². The molecule has 11 heteroatoms. The molecule has 0 radical (unpaired) electrons. The first-order valence-electron chi connectivity index (χ1n) is 11.2. The topological polar surface area (TPSA) is 112 Å². The molecule has 0 saturated heterocycles. The molecule has 3 rings (SSSR count). The van der Waals surface area contributed by atoms with Crippen LogP contribution in [0.1, 0.15) is 17.0 Å². The van der Waals surface area contributed by atoms with Gasteiger partial charge in [-0.15, -0.1) is 16.8 Å². The van der Waals surface area contributed by atoms with Gasteiger partial charge in [-0.2, -0.15) is 0 Å². The summed E-state index contributed by atoms with van der Waals surface area (Å²) in [6.45, 7) is 6.42. The lowest BCUT2D eigenvalue weighted by Crippen LogP contribution is -2.27. The first-order valence-corrected chi connectivity index (χ1v) is 13.8. The zero-order chi connectivity index (χ0) is 26.1. The summed E-state index contributed by atoms with van der Waals surface area (Å²) in [7, 11) is -0.441. The maximum atomic E-state index is 12.9. The van der Waals surface area contributed by atoms with E-state index < -0.39 is 9.84 Å². The van der Waals surface area contributed by atoms with Crippen LogP contribution in [0.3, 0.4) is 0 Å². The Morgan fingerprint density at radius 2 is 1.83 bits per heavy atom. The van der Waals surface area contributed by atoms with E-state index in [1.807, 2.05) is 25.1 Å². The van der Waals surface area contributed by atoms with Gasteiger partial charge in [0.15, 0.2) is 26.5 Å². The van der Waals surface area contributed by atoms with Gasteiger partial charge in [0.05, 0.1) is 24.9 Å². The summed E-state index contributed by atoms with van der Waals surface area (Å²) in [4.78, 5) is 12.6. The Balaban J connectivity index is 1.58. The van der Waals surface area contributed by atoms with Crippen LogP contribution in [0, 0.1) is 6.92 Å². The van der Waals surface area contributed by atoms with Crippen LogP contribution in [0.5, 0.6) is 11.5 Å². The van der Waals surface area contributed by atoms with Crippen molar-refractivity contribution in [2.24, 2.45) is 0 Å². The maximum absolute atomic E-state index is 12.9. The summed E-state index contributed by atoms with van der Waals surface area (Å²) in [6.07, 6.45) is 2.27. The molecule has 1 amide bonds. The average Bonchev–Trinajstić information content (AvgIpc) is 3.23. The second-order valence-electron chi connectivity index (χ2n) is 7.95. The Hall–Kier alpha value is -3.31. The van der Waals surface area contributed by atoms with E-state index in [2.05, 4.69) is 22.1 Å². The number of carbonyl (C=O) groups excluding carboxylic acids is 1. The van der Waals surface area contributed by atoms with Crippen molar-refractivity contribution < 1.29 is 22.7 Å². The highest BCUT2D eigenvalue weighted by Crippen LogP contribution is 2.27. The van der Waals surface area contributed by atoms with Gasteiger partial charge >= 0.3 is 0 Å². The molecule has 0 atom stereocenters. The predicted molar refractivity (Wildman–Crippen MR) is 139 cm³/mol. The smallest absolute Gasteiger partial charge is 0.230 e. The largest absolute Gasteiger partial charge is 0.493 e. The second-order valence-corrected chi connectivity index (χ2v) is 10.9. The van der Waals surface area contributed by atoms with Crippen molar-refractivity contribution in [3.8, 4) is 11.5 Å². The second kappa shape index (κ2) is 12.6. The van der Waals surface area contributed by atoms with Gasteiger partial charge in [0.1, 0.15) is 11.6 Å². The Morgan fingerprint density at radius 1 is 1.11 bits per heavy atom. The SMILES string of the molecule is C=CCn1c(CS(=O)(=O)c2ccc(C)cc2)nnc1SCC(=O)NCCc1ccc(OC)c(OC)c1. The lowest BCUT2D eigenvalue weighted by Gasteiger charge is -2.10. The third-order valence-corrected chi connectivity index (χ3v) is 7.92. The molecule has 9 nitrogen and oxygen atoms in total. The molecular weight excluding hydrogens is 500 g/mol. The maximum Gasteiger partial charge on any atom is 0.230 e. The number of amides is 1. The van der Waals surface area contributed by atoms with E-state index in [1.165, 1.54) is 11.8 Å². The number of allylic oxidation sites excluding steroid dienone is 1. The predicted octanol–water partition coefficient (Wildman–Crippen LogP) is 3.21. The lowest BCUT2D eigenvalue weighted by molar-refractivity contribution is -0.118. The van der Waals surface area contributed by atoms with Crippen LogP contribution in [0.2, 0.25) is 0 Å². The molecule has 0 bridgehead atoms. The molecular formula is C25H30N4O5S2. The molecule has 0 aliphatic carbocycles. The molecule has 2 aromatic carbocycles. The van der Waals surface area contributed by atoms with Crippen LogP contribution in [-0.4, -0.2) is 55.6 Å². The zero-order valence-electron chi connectivity index (χ0n) is 20.6. The van der Waals surface area contributed by atoms with Crippen LogP contribution >= 0.6 is 11.8 Å². The van der Waals surface area contributed by atoms with Crippen LogP contribution in [-0.2, 0) is 33.4 Å². The fourth-order valence-corrected chi connectivity index (χ4v) is 5.47. The number of rotatable bonds is 13. The molecule has 3 aromatic rings. The summed E-state index contributed by atoms with van der Waals surface area (Å²) in [6, 6.07) is 12.3. The number of methoxy groups -OCH3 is 2. The molecule has 0 spiro atoms. The van der Waals surface area contributed by atoms with Gasteiger partial charge in [0, 0.05) is 13.1 Å². The van der Waals surface area contributed by atoms with E-state index in [9.17, 15) is 13.2 Å². The van der Waals surface area contributed by atoms with E-state index in [0.29, 0.717) is 42.0 Å². The van der Waals surface area contributed by atoms with Crippen molar-refractivity contribution >= 4 is 27.5 Å². The Kier molecular flexibility index (Phi) is 9.54. The van der Waals surface area contributed by atoms with E-state index in [1.54, 1.807) is 49.1 Å². The number of benzene rings is 2. The third-order valence-electron chi connectivity index (χ3n) is 5.32. The van der Waals surface area contributed by atoms with E-state index in [4.69, 9.17) is 9.47 Å². The number of nitrogens with zero attached hydrogens (tertiary/aromatic N) is 3. The Bertz CT molecular complexity index is 1300. The highest BCUT2D eigenvalue weighted by atomic mass is 32.2. The van der Waals surface area contributed by atoms with Crippen molar-refractivity contribution in [3.63, 3.8) is 0 Å². The number of sulfone groups is 1. The van der Waals surface area contributed by atoms with Gasteiger partial charge in [0.2, 0.25) is 5.91 Å². The molecule has 0 unspecified atom stereocenters. The molecule has 0 aliphatic rings. The lowest BCUT2D eigenvalue weighted by atomic mass is 10.1. The number of aryl methyl sites for hydroxylation is 1. The van der Waals surface area contributed by atoms with Crippen molar-refractivity contribution in [1.82, 2.24) is 20.1 Å². The zero-order valence-corrected chi connectivity index (χ0v) is 22.2. The van der Waals surface area contributed by atoms with Crippen molar-refractivity contribution in [2.75, 3.05) is 26.5 Å². The average molecular weight is 531 g/mol. The summed E-state index contributed by atoms with van der Waals surface area (Å²) >= 11 is 1.20. The molecule has 1 aromatic heterocycles. The molecule has 1 heterocycles. The van der Waals surface area contributed by atoms with Gasteiger partial charge in [-0.05, 0) is 43.2 Å². The van der Waals surface area contributed by atoms with Gasteiger partial charge in [-0.1, -0.05) is 41.6 Å². The van der Waals surface area contributed by atoms with Crippen LogP contribution in [0.15, 0.2) is 65.2 Å². The molecule has 0 aliphatic heterocycles. The van der Waals surface area contributed by atoms with Crippen molar-refractivity contribution in [2.45, 2.75) is 35.7 Å². The van der Waals surface area contributed by atoms with Gasteiger partial charge < -0.3 is 19.4 Å². The third kappa shape index (κ3) is 7.11. The highest BCUT2D eigenvalue weighted by Gasteiger charge is 2.21. The molecule has 1 N–H and O–H groups in total. The number of nitrogens with one attached hydrogen (secondary N) is 1. The van der Waals surface area contributed by atoms with Crippen LogP contribution in [0.4, 0.5) is 0 Å². The van der Waals surface area contributed by atoms with E-state index >= 15 is 0 Å². The number of aromatic nitrogens is 3.